The van der Waals surface area contributed by atoms with Gasteiger partial charge in [-0.25, -0.2) is 17.4 Å². The van der Waals surface area contributed by atoms with Crippen LogP contribution in [-0.4, -0.2) is 42.5 Å². The van der Waals surface area contributed by atoms with Gasteiger partial charge in [-0.15, -0.1) is 0 Å². The Morgan fingerprint density at radius 3 is 2.18 bits per heavy atom. The van der Waals surface area contributed by atoms with E-state index in [2.05, 4.69) is 5.32 Å². The number of anilines is 1. The first kappa shape index (κ1) is 22.4. The highest BCUT2D eigenvalue weighted by Gasteiger charge is 2.21. The average molecular weight is 461 g/mol. The van der Waals surface area contributed by atoms with Crippen LogP contribution >= 0.6 is 0 Å². The highest BCUT2D eigenvalue weighted by molar-refractivity contribution is 7.89. The van der Waals surface area contributed by atoms with Crippen LogP contribution in [-0.2, 0) is 10.0 Å². The van der Waals surface area contributed by atoms with Crippen molar-refractivity contribution in [3.63, 3.8) is 0 Å². The van der Waals surface area contributed by atoms with Gasteiger partial charge in [0.25, 0.3) is 5.91 Å². The Morgan fingerprint density at radius 1 is 0.909 bits per heavy atom. The van der Waals surface area contributed by atoms with Crippen LogP contribution in [0.4, 0.5) is 5.69 Å². The lowest BCUT2D eigenvalue weighted by molar-refractivity contribution is 0.102. The SMILES string of the molecule is Cc1ccccc1-c1nn(-c2ccccc2)cc1C(=O)Nc1ccc(S(=O)(=O)N(C)C)cc1. The molecule has 0 bridgehead atoms. The number of sulfonamides is 1. The number of para-hydroxylation sites is 1. The molecule has 0 fully saturated rings. The molecule has 0 aliphatic heterocycles. The number of aromatic nitrogens is 2. The molecule has 1 N–H and O–H groups in total. The van der Waals surface area contributed by atoms with E-state index in [1.54, 1.807) is 23.0 Å². The topological polar surface area (TPSA) is 84.3 Å². The zero-order valence-electron chi connectivity index (χ0n) is 18.6. The summed E-state index contributed by atoms with van der Waals surface area (Å²) >= 11 is 0. The van der Waals surface area contributed by atoms with Crippen LogP contribution in [0.25, 0.3) is 16.9 Å². The molecule has 1 amide bonds. The molecule has 8 heteroatoms. The Labute approximate surface area is 193 Å². The van der Waals surface area contributed by atoms with Crippen LogP contribution in [0.5, 0.6) is 0 Å². The summed E-state index contributed by atoms with van der Waals surface area (Å²) in [6, 6.07) is 23.4. The van der Waals surface area contributed by atoms with Crippen LogP contribution in [0.15, 0.2) is 90.0 Å². The maximum absolute atomic E-state index is 13.3. The molecule has 33 heavy (non-hydrogen) atoms. The molecule has 0 saturated heterocycles. The van der Waals surface area contributed by atoms with Gasteiger partial charge >= 0.3 is 0 Å². The largest absolute Gasteiger partial charge is 0.322 e. The van der Waals surface area contributed by atoms with E-state index in [4.69, 9.17) is 5.10 Å². The Bertz CT molecular complexity index is 1390. The van der Waals surface area contributed by atoms with Crippen molar-refractivity contribution in [3.05, 3.63) is 96.2 Å². The number of hydrogen-bond acceptors (Lipinski definition) is 4. The molecule has 0 radical (unpaired) electrons. The number of nitrogens with one attached hydrogen (secondary N) is 1. The zero-order valence-corrected chi connectivity index (χ0v) is 19.4. The molecule has 1 heterocycles. The van der Waals surface area contributed by atoms with Gasteiger partial charge in [-0.2, -0.15) is 5.10 Å². The quantitative estimate of drug-likeness (QED) is 0.464. The molecule has 168 valence electrons. The first-order valence-corrected chi connectivity index (χ1v) is 11.8. The molecular weight excluding hydrogens is 436 g/mol. The summed E-state index contributed by atoms with van der Waals surface area (Å²) in [5.74, 6) is -0.335. The second kappa shape index (κ2) is 9.01. The van der Waals surface area contributed by atoms with E-state index in [0.29, 0.717) is 16.9 Å². The van der Waals surface area contributed by atoms with Crippen molar-refractivity contribution in [2.24, 2.45) is 0 Å². The molecule has 3 aromatic carbocycles. The van der Waals surface area contributed by atoms with Gasteiger partial charge in [-0.1, -0.05) is 42.5 Å². The fourth-order valence-electron chi connectivity index (χ4n) is 3.41. The molecule has 1 aromatic heterocycles. The highest BCUT2D eigenvalue weighted by atomic mass is 32.2. The lowest BCUT2D eigenvalue weighted by Gasteiger charge is -2.12. The van der Waals surface area contributed by atoms with Crippen LogP contribution in [0.2, 0.25) is 0 Å². The molecular formula is C25H24N4O3S. The summed E-state index contributed by atoms with van der Waals surface area (Å²) in [6.45, 7) is 1.97. The average Bonchev–Trinajstić information content (AvgIpc) is 3.26. The second-order valence-electron chi connectivity index (χ2n) is 7.75. The van der Waals surface area contributed by atoms with Crippen molar-refractivity contribution < 1.29 is 13.2 Å². The third-order valence-electron chi connectivity index (χ3n) is 5.27. The van der Waals surface area contributed by atoms with Crippen LogP contribution in [0.3, 0.4) is 0 Å². The second-order valence-corrected chi connectivity index (χ2v) is 9.90. The number of nitrogens with zero attached hydrogens (tertiary/aromatic N) is 3. The summed E-state index contributed by atoms with van der Waals surface area (Å²) in [7, 11) is -0.592. The number of amides is 1. The van der Waals surface area contributed by atoms with E-state index in [1.165, 1.54) is 26.2 Å². The van der Waals surface area contributed by atoms with Gasteiger partial charge in [0.05, 0.1) is 16.1 Å². The maximum atomic E-state index is 13.3. The normalized spacial score (nSPS) is 11.5. The molecule has 0 aliphatic carbocycles. The number of carbonyl (C=O) groups excluding carboxylic acids is 1. The van der Waals surface area contributed by atoms with Gasteiger partial charge in [-0.05, 0) is 48.9 Å². The van der Waals surface area contributed by atoms with Crippen molar-refractivity contribution in [1.29, 1.82) is 0 Å². The number of benzene rings is 3. The van der Waals surface area contributed by atoms with E-state index >= 15 is 0 Å². The zero-order chi connectivity index (χ0) is 23.6. The Hall–Kier alpha value is -3.75. The third-order valence-corrected chi connectivity index (χ3v) is 7.10. The van der Waals surface area contributed by atoms with E-state index in [0.717, 1.165) is 21.1 Å². The molecule has 0 spiro atoms. The molecule has 7 nitrogen and oxygen atoms in total. The van der Waals surface area contributed by atoms with Gasteiger partial charge in [0, 0.05) is 31.5 Å². The van der Waals surface area contributed by atoms with Crippen molar-refractivity contribution in [1.82, 2.24) is 14.1 Å². The molecule has 0 aliphatic rings. The van der Waals surface area contributed by atoms with Gasteiger partial charge in [0.15, 0.2) is 0 Å². The molecule has 4 aromatic rings. The molecule has 0 atom stereocenters. The first-order valence-electron chi connectivity index (χ1n) is 10.3. The summed E-state index contributed by atoms with van der Waals surface area (Å²) < 4.78 is 27.4. The fourth-order valence-corrected chi connectivity index (χ4v) is 4.31. The number of hydrogen-bond donors (Lipinski definition) is 1. The van der Waals surface area contributed by atoms with Gasteiger partial charge in [0.1, 0.15) is 5.69 Å². The monoisotopic (exact) mass is 460 g/mol. The summed E-state index contributed by atoms with van der Waals surface area (Å²) in [6.07, 6.45) is 1.71. The van der Waals surface area contributed by atoms with Gasteiger partial charge in [0.2, 0.25) is 10.0 Å². The predicted octanol–water partition coefficient (Wildman–Crippen LogP) is 4.35. The summed E-state index contributed by atoms with van der Waals surface area (Å²) in [5.41, 5.74) is 4.18. The van der Waals surface area contributed by atoms with Crippen molar-refractivity contribution in [2.45, 2.75) is 11.8 Å². The fraction of sp³-hybridized carbons (Fsp3) is 0.120. The van der Waals surface area contributed by atoms with Crippen molar-refractivity contribution in [3.8, 4) is 16.9 Å². The first-order chi connectivity index (χ1) is 15.8. The lowest BCUT2D eigenvalue weighted by atomic mass is 10.0. The number of carbonyl (C=O) groups is 1. The molecule has 4 rings (SSSR count). The minimum Gasteiger partial charge on any atom is -0.322 e. The summed E-state index contributed by atoms with van der Waals surface area (Å²) in [5, 5.41) is 7.57. The Morgan fingerprint density at radius 2 is 1.55 bits per heavy atom. The van der Waals surface area contributed by atoms with E-state index in [1.807, 2.05) is 61.5 Å². The van der Waals surface area contributed by atoms with Gasteiger partial charge < -0.3 is 5.32 Å². The van der Waals surface area contributed by atoms with E-state index in [-0.39, 0.29) is 10.8 Å². The van der Waals surface area contributed by atoms with Crippen molar-refractivity contribution in [2.75, 3.05) is 19.4 Å². The lowest BCUT2D eigenvalue weighted by Crippen LogP contribution is -2.22. The minimum absolute atomic E-state index is 0.156. The Kier molecular flexibility index (Phi) is 6.13. The minimum atomic E-state index is -3.54. The molecule has 0 unspecified atom stereocenters. The van der Waals surface area contributed by atoms with Crippen LogP contribution < -0.4 is 5.32 Å². The number of aryl methyl sites for hydroxylation is 1. The maximum Gasteiger partial charge on any atom is 0.259 e. The molecule has 0 saturated carbocycles. The smallest absolute Gasteiger partial charge is 0.259 e. The van der Waals surface area contributed by atoms with E-state index < -0.39 is 10.0 Å². The van der Waals surface area contributed by atoms with Crippen LogP contribution in [0.1, 0.15) is 15.9 Å². The summed E-state index contributed by atoms with van der Waals surface area (Å²) in [4.78, 5) is 13.4. The number of rotatable bonds is 6. The predicted molar refractivity (Wildman–Crippen MR) is 129 cm³/mol. The third kappa shape index (κ3) is 4.57. The Balaban J connectivity index is 1.70. The van der Waals surface area contributed by atoms with E-state index in [9.17, 15) is 13.2 Å². The van der Waals surface area contributed by atoms with Crippen LogP contribution in [0, 0.1) is 6.92 Å². The van der Waals surface area contributed by atoms with Crippen molar-refractivity contribution >= 4 is 21.6 Å². The highest BCUT2D eigenvalue weighted by Crippen LogP contribution is 2.27. The van der Waals surface area contributed by atoms with Gasteiger partial charge in [-0.3, -0.25) is 4.79 Å². The standard InChI is InChI=1S/C25H24N4O3S/c1-18-9-7-8-12-22(18)24-23(17-29(27-24)20-10-5-4-6-11-20)25(30)26-19-13-15-21(16-14-19)33(31,32)28(2)3/h4-17H,1-3H3,(H,26,30).